The van der Waals surface area contributed by atoms with E-state index in [9.17, 15) is 18.0 Å². The molecule has 27 heavy (non-hydrogen) atoms. The zero-order valence-corrected chi connectivity index (χ0v) is 16.8. The Morgan fingerprint density at radius 1 is 1.04 bits per heavy atom. The lowest BCUT2D eigenvalue weighted by Crippen LogP contribution is -2.33. The summed E-state index contributed by atoms with van der Waals surface area (Å²) in [5.41, 5.74) is 3.44. The molecule has 2 aromatic carbocycles. The maximum Gasteiger partial charge on any atom is 0.232 e. The van der Waals surface area contributed by atoms with Crippen LogP contribution in [0.1, 0.15) is 34.8 Å². The third kappa shape index (κ3) is 5.92. The molecule has 0 aliphatic carbocycles. The van der Waals surface area contributed by atoms with Gasteiger partial charge in [0.1, 0.15) is 0 Å². The maximum atomic E-state index is 12.3. The summed E-state index contributed by atoms with van der Waals surface area (Å²) in [6.07, 6.45) is 1.11. The van der Waals surface area contributed by atoms with Crippen LogP contribution in [0.15, 0.2) is 42.5 Å². The average Bonchev–Trinajstić information content (AvgIpc) is 2.53. The van der Waals surface area contributed by atoms with Gasteiger partial charge in [0, 0.05) is 24.2 Å². The van der Waals surface area contributed by atoms with Crippen LogP contribution in [0, 0.1) is 13.8 Å². The first kappa shape index (κ1) is 20.6. The summed E-state index contributed by atoms with van der Waals surface area (Å²) >= 11 is 0. The highest BCUT2D eigenvalue weighted by molar-refractivity contribution is 7.92. The number of benzene rings is 2. The molecular weight excluding hydrogens is 364 g/mol. The normalized spacial score (nSPS) is 11.1. The van der Waals surface area contributed by atoms with Gasteiger partial charge in [0.05, 0.1) is 11.9 Å². The fourth-order valence-electron chi connectivity index (χ4n) is 2.82. The fourth-order valence-corrected chi connectivity index (χ4v) is 3.73. The van der Waals surface area contributed by atoms with Crippen molar-refractivity contribution in [3.63, 3.8) is 0 Å². The van der Waals surface area contributed by atoms with Gasteiger partial charge < -0.3 is 5.32 Å². The number of ketones is 1. The highest BCUT2D eigenvalue weighted by Gasteiger charge is 2.19. The van der Waals surface area contributed by atoms with Gasteiger partial charge in [0.2, 0.25) is 15.9 Å². The first-order valence-corrected chi connectivity index (χ1v) is 10.4. The molecule has 0 bridgehead atoms. The third-order valence-corrected chi connectivity index (χ3v) is 5.18. The summed E-state index contributed by atoms with van der Waals surface area (Å²) in [4.78, 5) is 23.7. The van der Waals surface area contributed by atoms with E-state index in [1.54, 1.807) is 36.4 Å². The Hall–Kier alpha value is -2.67. The molecule has 0 radical (unpaired) electrons. The van der Waals surface area contributed by atoms with E-state index in [-0.39, 0.29) is 24.7 Å². The number of rotatable bonds is 7. The standard InChI is InChI=1S/C20H24N2O4S/c1-14-10-15(2)12-19(11-14)22(27(4,25)26)9-8-20(24)21-18-7-5-6-17(13-18)16(3)23/h5-7,10-13H,8-9H2,1-4H3,(H,21,24). The van der Waals surface area contributed by atoms with Crippen LogP contribution in [0.2, 0.25) is 0 Å². The van der Waals surface area contributed by atoms with Crippen molar-refractivity contribution in [2.45, 2.75) is 27.2 Å². The Morgan fingerprint density at radius 2 is 1.67 bits per heavy atom. The van der Waals surface area contributed by atoms with Crippen LogP contribution in [-0.4, -0.2) is 32.9 Å². The van der Waals surface area contributed by atoms with E-state index in [0.717, 1.165) is 17.4 Å². The van der Waals surface area contributed by atoms with E-state index in [1.807, 2.05) is 19.9 Å². The van der Waals surface area contributed by atoms with E-state index < -0.39 is 10.0 Å². The second-order valence-corrected chi connectivity index (χ2v) is 8.52. The van der Waals surface area contributed by atoms with Gasteiger partial charge in [-0.2, -0.15) is 0 Å². The Labute approximate surface area is 160 Å². The molecule has 1 N–H and O–H groups in total. The number of carbonyl (C=O) groups is 2. The molecule has 2 rings (SSSR count). The number of Topliss-reactive ketones (excluding diaryl/α,β-unsaturated/α-hetero) is 1. The van der Waals surface area contributed by atoms with Gasteiger partial charge >= 0.3 is 0 Å². The smallest absolute Gasteiger partial charge is 0.232 e. The molecule has 0 saturated heterocycles. The molecule has 0 aliphatic heterocycles. The van der Waals surface area contributed by atoms with Gasteiger partial charge in [0.25, 0.3) is 0 Å². The number of amides is 1. The van der Waals surface area contributed by atoms with E-state index in [1.165, 1.54) is 11.2 Å². The number of nitrogens with one attached hydrogen (secondary N) is 1. The maximum absolute atomic E-state index is 12.3. The van der Waals surface area contributed by atoms with E-state index in [0.29, 0.717) is 16.9 Å². The molecule has 0 aromatic heterocycles. The molecule has 0 saturated carbocycles. The number of hydrogen-bond acceptors (Lipinski definition) is 4. The fraction of sp³-hybridized carbons (Fsp3) is 0.300. The number of aryl methyl sites for hydroxylation is 2. The lowest BCUT2D eigenvalue weighted by Gasteiger charge is -2.23. The number of hydrogen-bond donors (Lipinski definition) is 1. The van der Waals surface area contributed by atoms with Gasteiger partial charge in [-0.15, -0.1) is 0 Å². The van der Waals surface area contributed by atoms with Gasteiger partial charge in [-0.25, -0.2) is 8.42 Å². The van der Waals surface area contributed by atoms with Crippen molar-refractivity contribution in [1.29, 1.82) is 0 Å². The highest BCUT2D eigenvalue weighted by atomic mass is 32.2. The first-order chi connectivity index (χ1) is 12.6. The average molecular weight is 388 g/mol. The van der Waals surface area contributed by atoms with E-state index >= 15 is 0 Å². The summed E-state index contributed by atoms with van der Waals surface area (Å²) < 4.78 is 25.6. The monoisotopic (exact) mass is 388 g/mol. The van der Waals surface area contributed by atoms with Gasteiger partial charge in [0.15, 0.2) is 5.78 Å². The second kappa shape index (κ2) is 8.35. The lowest BCUT2D eigenvalue weighted by atomic mass is 10.1. The Balaban J connectivity index is 2.12. The van der Waals surface area contributed by atoms with Crippen molar-refractivity contribution < 1.29 is 18.0 Å². The first-order valence-electron chi connectivity index (χ1n) is 8.53. The molecule has 0 spiro atoms. The molecule has 0 atom stereocenters. The molecule has 1 amide bonds. The molecule has 0 unspecified atom stereocenters. The van der Waals surface area contributed by atoms with Gasteiger partial charge in [-0.3, -0.25) is 13.9 Å². The summed E-state index contributed by atoms with van der Waals surface area (Å²) in [7, 11) is -3.53. The van der Waals surface area contributed by atoms with Crippen molar-refractivity contribution in [2.24, 2.45) is 0 Å². The molecule has 0 aliphatic rings. The molecule has 0 heterocycles. The summed E-state index contributed by atoms with van der Waals surface area (Å²) in [5.74, 6) is -0.419. The quantitative estimate of drug-likeness (QED) is 0.738. The zero-order chi connectivity index (χ0) is 20.2. The second-order valence-electron chi connectivity index (χ2n) is 6.62. The Bertz CT molecular complexity index is 947. The van der Waals surface area contributed by atoms with E-state index in [4.69, 9.17) is 0 Å². The summed E-state index contributed by atoms with van der Waals surface area (Å²) in [5, 5.41) is 2.71. The molecular formula is C20H24N2O4S. The van der Waals surface area contributed by atoms with Crippen molar-refractivity contribution in [3.05, 3.63) is 59.2 Å². The van der Waals surface area contributed by atoms with Crippen molar-refractivity contribution in [2.75, 3.05) is 22.4 Å². The minimum Gasteiger partial charge on any atom is -0.326 e. The number of anilines is 2. The minimum atomic E-state index is -3.53. The predicted octanol–water partition coefficient (Wildman–Crippen LogP) is 3.30. The molecule has 0 fully saturated rings. The molecule has 2 aromatic rings. The van der Waals surface area contributed by atoms with Crippen molar-refractivity contribution >= 4 is 33.1 Å². The summed E-state index contributed by atoms with van der Waals surface area (Å²) in [6.45, 7) is 5.27. The van der Waals surface area contributed by atoms with Crippen LogP contribution >= 0.6 is 0 Å². The zero-order valence-electron chi connectivity index (χ0n) is 15.9. The number of nitrogens with zero attached hydrogens (tertiary/aromatic N) is 1. The number of sulfonamides is 1. The van der Waals surface area contributed by atoms with Crippen LogP contribution in [0.25, 0.3) is 0 Å². The molecule has 144 valence electrons. The number of carbonyl (C=O) groups excluding carboxylic acids is 2. The Kier molecular flexibility index (Phi) is 6.38. The summed E-state index contributed by atoms with van der Waals surface area (Å²) in [6, 6.07) is 12.2. The minimum absolute atomic E-state index is 0.00956. The lowest BCUT2D eigenvalue weighted by molar-refractivity contribution is -0.116. The van der Waals surface area contributed by atoms with Crippen LogP contribution in [-0.2, 0) is 14.8 Å². The van der Waals surface area contributed by atoms with Gasteiger partial charge in [-0.05, 0) is 56.2 Å². The highest BCUT2D eigenvalue weighted by Crippen LogP contribution is 2.22. The topological polar surface area (TPSA) is 83.6 Å². The van der Waals surface area contributed by atoms with Crippen LogP contribution in [0.3, 0.4) is 0 Å². The van der Waals surface area contributed by atoms with E-state index in [2.05, 4.69) is 5.32 Å². The van der Waals surface area contributed by atoms with Crippen molar-refractivity contribution in [1.82, 2.24) is 0 Å². The Morgan fingerprint density at radius 3 is 2.22 bits per heavy atom. The van der Waals surface area contributed by atoms with Crippen LogP contribution in [0.5, 0.6) is 0 Å². The largest absolute Gasteiger partial charge is 0.326 e. The van der Waals surface area contributed by atoms with Crippen molar-refractivity contribution in [3.8, 4) is 0 Å². The van der Waals surface area contributed by atoms with Gasteiger partial charge in [-0.1, -0.05) is 18.2 Å². The third-order valence-electron chi connectivity index (χ3n) is 3.99. The predicted molar refractivity (Wildman–Crippen MR) is 108 cm³/mol. The molecule has 6 nitrogen and oxygen atoms in total. The SMILES string of the molecule is CC(=O)c1cccc(NC(=O)CCN(c2cc(C)cc(C)c2)S(C)(=O)=O)c1. The van der Waals surface area contributed by atoms with Crippen LogP contribution in [0.4, 0.5) is 11.4 Å². The molecule has 7 heteroatoms. The van der Waals surface area contributed by atoms with Crippen LogP contribution < -0.4 is 9.62 Å².